The van der Waals surface area contributed by atoms with Crippen molar-refractivity contribution in [2.24, 2.45) is 28.6 Å². The van der Waals surface area contributed by atoms with Gasteiger partial charge in [-0.3, -0.25) is 0 Å². The van der Waals surface area contributed by atoms with Gasteiger partial charge in [0.2, 0.25) is 0 Å². The molecule has 0 aliphatic heterocycles. The fourth-order valence-corrected chi connectivity index (χ4v) is 5.38. The Bertz CT molecular complexity index is 285. The highest BCUT2D eigenvalue weighted by atomic mass is 16.1. The minimum absolute atomic E-state index is 0.483. The SMILES string of the molecule is O=CC1C2CC3CC4(C2)CC14C3. The Hall–Kier alpha value is -0.330. The molecule has 0 aromatic heterocycles. The first-order valence-corrected chi connectivity index (χ1v) is 5.25. The largest absolute Gasteiger partial charge is 0.303 e. The molecule has 0 N–H and O–H groups in total. The molecule has 5 aliphatic rings. The van der Waals surface area contributed by atoms with Crippen molar-refractivity contribution in [3.05, 3.63) is 0 Å². The van der Waals surface area contributed by atoms with Crippen LogP contribution in [0.25, 0.3) is 0 Å². The molecule has 0 aromatic rings. The van der Waals surface area contributed by atoms with E-state index >= 15 is 0 Å². The van der Waals surface area contributed by atoms with Crippen molar-refractivity contribution in [2.45, 2.75) is 32.1 Å². The molecule has 5 fully saturated rings. The maximum atomic E-state index is 11.0. The Kier molecular flexibility index (Phi) is 0.722. The van der Waals surface area contributed by atoms with Crippen LogP contribution in [0.5, 0.6) is 0 Å². The Balaban J connectivity index is 1.90. The van der Waals surface area contributed by atoms with E-state index in [1.807, 2.05) is 0 Å². The smallest absolute Gasteiger partial charge is 0.123 e. The summed E-state index contributed by atoms with van der Waals surface area (Å²) >= 11 is 0. The van der Waals surface area contributed by atoms with Crippen molar-refractivity contribution in [1.29, 1.82) is 0 Å². The van der Waals surface area contributed by atoms with Crippen LogP contribution >= 0.6 is 0 Å². The first kappa shape index (κ1) is 6.17. The van der Waals surface area contributed by atoms with E-state index in [1.54, 1.807) is 0 Å². The summed E-state index contributed by atoms with van der Waals surface area (Å²) in [6.07, 6.45) is 8.39. The van der Waals surface area contributed by atoms with Gasteiger partial charge < -0.3 is 4.79 Å². The van der Waals surface area contributed by atoms with Crippen LogP contribution < -0.4 is 0 Å². The normalized spacial score (nSPS) is 69.8. The van der Waals surface area contributed by atoms with Crippen LogP contribution in [0.2, 0.25) is 0 Å². The summed E-state index contributed by atoms with van der Waals surface area (Å²) in [6, 6.07) is 0. The third-order valence-corrected chi connectivity index (χ3v) is 5.50. The topological polar surface area (TPSA) is 17.1 Å². The van der Waals surface area contributed by atoms with Crippen LogP contribution in [-0.4, -0.2) is 6.29 Å². The average Bonchev–Trinajstić information content (AvgIpc) is 2.43. The molecule has 5 rings (SSSR count). The lowest BCUT2D eigenvalue weighted by atomic mass is 9.69. The molecule has 64 valence electrons. The summed E-state index contributed by atoms with van der Waals surface area (Å²) in [4.78, 5) is 11.0. The Morgan fingerprint density at radius 2 is 2.17 bits per heavy atom. The summed E-state index contributed by atoms with van der Waals surface area (Å²) < 4.78 is 0. The van der Waals surface area contributed by atoms with E-state index in [1.165, 1.54) is 38.4 Å². The fraction of sp³-hybridized carbons (Fsp3) is 0.909. The molecule has 0 saturated heterocycles. The van der Waals surface area contributed by atoms with Crippen LogP contribution in [0.15, 0.2) is 0 Å². The van der Waals surface area contributed by atoms with Crippen LogP contribution in [0, 0.1) is 28.6 Å². The van der Waals surface area contributed by atoms with E-state index in [2.05, 4.69) is 0 Å². The standard InChI is InChI=1S/C11H14O/c12-5-9-8-1-7-2-10(4-8)6-11(9,10)3-7/h5,7-9H,1-4,6H2. The molecule has 5 atom stereocenters. The van der Waals surface area contributed by atoms with Gasteiger partial charge in [-0.2, -0.15) is 0 Å². The van der Waals surface area contributed by atoms with E-state index in [0.29, 0.717) is 16.7 Å². The minimum Gasteiger partial charge on any atom is -0.303 e. The van der Waals surface area contributed by atoms with Gasteiger partial charge in [0.25, 0.3) is 0 Å². The van der Waals surface area contributed by atoms with E-state index in [9.17, 15) is 4.79 Å². The summed E-state index contributed by atoms with van der Waals surface area (Å²) in [5.74, 6) is 2.31. The first-order chi connectivity index (χ1) is 5.80. The zero-order chi connectivity index (χ0) is 7.97. The maximum Gasteiger partial charge on any atom is 0.123 e. The van der Waals surface area contributed by atoms with Crippen LogP contribution in [-0.2, 0) is 4.79 Å². The predicted octanol–water partition coefficient (Wildman–Crippen LogP) is 2.01. The molecule has 1 nitrogen and oxygen atoms in total. The van der Waals surface area contributed by atoms with Gasteiger partial charge in [0.1, 0.15) is 6.29 Å². The van der Waals surface area contributed by atoms with Gasteiger partial charge in [0.05, 0.1) is 0 Å². The van der Waals surface area contributed by atoms with E-state index in [0.717, 1.165) is 11.8 Å². The monoisotopic (exact) mass is 162 g/mol. The summed E-state index contributed by atoms with van der Waals surface area (Å²) in [5, 5.41) is 0. The zero-order valence-corrected chi connectivity index (χ0v) is 7.25. The van der Waals surface area contributed by atoms with Gasteiger partial charge in [-0.1, -0.05) is 0 Å². The van der Waals surface area contributed by atoms with Crippen LogP contribution in [0.3, 0.4) is 0 Å². The average molecular weight is 162 g/mol. The van der Waals surface area contributed by atoms with Crippen molar-refractivity contribution in [1.82, 2.24) is 0 Å². The number of carbonyl (C=O) groups excluding carboxylic acids is 1. The molecule has 0 radical (unpaired) electrons. The van der Waals surface area contributed by atoms with E-state index in [-0.39, 0.29) is 0 Å². The molecule has 5 aliphatic carbocycles. The van der Waals surface area contributed by atoms with E-state index in [4.69, 9.17) is 0 Å². The molecular formula is C11H14O. The Morgan fingerprint density at radius 3 is 2.92 bits per heavy atom. The highest BCUT2D eigenvalue weighted by Crippen LogP contribution is 2.88. The lowest BCUT2D eigenvalue weighted by molar-refractivity contribution is -0.115. The van der Waals surface area contributed by atoms with Gasteiger partial charge >= 0.3 is 0 Å². The summed E-state index contributed by atoms with van der Waals surface area (Å²) in [7, 11) is 0. The number of aldehydes is 1. The first-order valence-electron chi connectivity index (χ1n) is 5.25. The third-order valence-electron chi connectivity index (χ3n) is 5.50. The highest BCUT2D eigenvalue weighted by molar-refractivity contribution is 5.61. The summed E-state index contributed by atoms with van der Waals surface area (Å²) in [5.41, 5.74) is 1.29. The lowest BCUT2D eigenvalue weighted by Gasteiger charge is -2.35. The summed E-state index contributed by atoms with van der Waals surface area (Å²) in [6.45, 7) is 0. The lowest BCUT2D eigenvalue weighted by Crippen LogP contribution is -2.30. The van der Waals surface area contributed by atoms with Crippen LogP contribution in [0.1, 0.15) is 32.1 Å². The quantitative estimate of drug-likeness (QED) is 0.539. The molecule has 12 heavy (non-hydrogen) atoms. The number of rotatable bonds is 1. The van der Waals surface area contributed by atoms with Crippen molar-refractivity contribution >= 4 is 6.29 Å². The Labute approximate surface area is 72.5 Å². The number of carbonyl (C=O) groups is 1. The highest BCUT2D eigenvalue weighted by Gasteiger charge is 2.81. The van der Waals surface area contributed by atoms with Gasteiger partial charge in [-0.05, 0) is 54.8 Å². The Morgan fingerprint density at radius 1 is 1.25 bits per heavy atom. The number of hydrogen-bond acceptors (Lipinski definition) is 1. The van der Waals surface area contributed by atoms with Crippen LogP contribution in [0.4, 0.5) is 0 Å². The molecule has 4 bridgehead atoms. The maximum absolute atomic E-state index is 11.0. The third kappa shape index (κ3) is 0.381. The van der Waals surface area contributed by atoms with Crippen molar-refractivity contribution in [3.63, 3.8) is 0 Å². The molecule has 0 heterocycles. The van der Waals surface area contributed by atoms with Crippen molar-refractivity contribution < 1.29 is 4.79 Å². The predicted molar refractivity (Wildman–Crippen MR) is 44.5 cm³/mol. The molecule has 1 heteroatoms. The second-order valence-corrected chi connectivity index (χ2v) is 5.75. The molecule has 0 aromatic carbocycles. The zero-order valence-electron chi connectivity index (χ0n) is 7.25. The molecule has 5 unspecified atom stereocenters. The van der Waals surface area contributed by atoms with Gasteiger partial charge in [-0.15, -0.1) is 0 Å². The van der Waals surface area contributed by atoms with Gasteiger partial charge in [-0.25, -0.2) is 0 Å². The molecule has 5 saturated carbocycles. The van der Waals surface area contributed by atoms with E-state index < -0.39 is 0 Å². The van der Waals surface area contributed by atoms with Crippen molar-refractivity contribution in [3.8, 4) is 0 Å². The second-order valence-electron chi connectivity index (χ2n) is 5.75. The van der Waals surface area contributed by atoms with Crippen molar-refractivity contribution in [2.75, 3.05) is 0 Å². The fourth-order valence-electron chi connectivity index (χ4n) is 5.38. The minimum atomic E-state index is 0.483. The van der Waals surface area contributed by atoms with Gasteiger partial charge in [0, 0.05) is 5.92 Å². The van der Waals surface area contributed by atoms with Gasteiger partial charge in [0.15, 0.2) is 0 Å². The molecule has 0 amide bonds. The molecular weight excluding hydrogens is 148 g/mol. The second kappa shape index (κ2) is 1.40. The number of hydrogen-bond donors (Lipinski definition) is 0. The molecule has 2 spiro atoms.